The van der Waals surface area contributed by atoms with E-state index < -0.39 is 0 Å². The molecule has 1 aromatic carbocycles. The fourth-order valence-electron chi connectivity index (χ4n) is 2.02. The smallest absolute Gasteiger partial charge is 0.148 e. The van der Waals surface area contributed by atoms with Crippen LogP contribution in [0.5, 0.6) is 0 Å². The molecule has 2 rings (SSSR count). The lowest BCUT2D eigenvalue weighted by atomic mass is 10.0. The average Bonchev–Trinajstić information content (AvgIpc) is 2.56. The molecule has 1 heterocycles. The molecule has 16 heavy (non-hydrogen) atoms. The minimum atomic E-state index is 0.396. The van der Waals surface area contributed by atoms with Crippen LogP contribution >= 0.6 is 27.5 Å². The van der Waals surface area contributed by atoms with Crippen molar-refractivity contribution in [2.45, 2.75) is 33.1 Å². The molecule has 86 valence electrons. The van der Waals surface area contributed by atoms with E-state index in [1.165, 1.54) is 5.56 Å². The first-order valence-corrected chi connectivity index (χ1v) is 6.62. The Morgan fingerprint density at radius 3 is 2.62 bits per heavy atom. The van der Waals surface area contributed by atoms with Crippen LogP contribution in [0.4, 0.5) is 0 Å². The van der Waals surface area contributed by atoms with Crippen LogP contribution in [0, 0.1) is 0 Å². The third-order valence-corrected chi connectivity index (χ3v) is 3.53. The maximum atomic E-state index is 6.07. The molecule has 0 bridgehead atoms. The molecule has 2 aromatic rings. The molecule has 0 aliphatic rings. The van der Waals surface area contributed by atoms with Gasteiger partial charge in [-0.3, -0.25) is 0 Å². The first-order valence-electron chi connectivity index (χ1n) is 5.44. The lowest BCUT2D eigenvalue weighted by molar-refractivity contribution is 0.514. The minimum absolute atomic E-state index is 0.396. The summed E-state index contributed by atoms with van der Waals surface area (Å²) in [5.74, 6) is 1.47. The number of halogens is 2. The molecule has 0 saturated carbocycles. The molecule has 1 nitrogen and oxygen atoms in total. The number of fused-ring (bicyclic) bond motifs is 1. The summed E-state index contributed by atoms with van der Waals surface area (Å²) >= 11 is 9.57. The second-order valence-electron chi connectivity index (χ2n) is 4.22. The lowest BCUT2D eigenvalue weighted by Crippen LogP contribution is -1.89. The summed E-state index contributed by atoms with van der Waals surface area (Å²) in [6.45, 7) is 6.43. The van der Waals surface area contributed by atoms with Crippen LogP contribution in [0.2, 0.25) is 5.02 Å². The molecule has 0 saturated heterocycles. The van der Waals surface area contributed by atoms with Crippen molar-refractivity contribution < 1.29 is 4.42 Å². The summed E-state index contributed by atoms with van der Waals surface area (Å²) in [5.41, 5.74) is 2.18. The van der Waals surface area contributed by atoms with E-state index >= 15 is 0 Å². The van der Waals surface area contributed by atoms with E-state index in [1.54, 1.807) is 0 Å². The quantitative estimate of drug-likeness (QED) is 0.710. The predicted octanol–water partition coefficient (Wildman–Crippen LogP) is 5.53. The molecule has 0 amide bonds. The van der Waals surface area contributed by atoms with Crippen molar-refractivity contribution in [3.63, 3.8) is 0 Å². The highest BCUT2D eigenvalue weighted by molar-refractivity contribution is 9.10. The van der Waals surface area contributed by atoms with Crippen LogP contribution in [-0.2, 0) is 6.42 Å². The Balaban J connectivity index is 2.82. The molecule has 0 unspecified atom stereocenters. The molecule has 0 radical (unpaired) electrons. The van der Waals surface area contributed by atoms with Gasteiger partial charge in [-0.05, 0) is 34.5 Å². The zero-order valence-corrected chi connectivity index (χ0v) is 11.9. The molecule has 0 N–H and O–H groups in total. The van der Waals surface area contributed by atoms with Crippen LogP contribution in [0.15, 0.2) is 21.0 Å². The van der Waals surface area contributed by atoms with E-state index in [1.807, 2.05) is 12.1 Å². The van der Waals surface area contributed by atoms with Crippen LogP contribution < -0.4 is 0 Å². The number of hydrogen-bond donors (Lipinski definition) is 0. The zero-order valence-electron chi connectivity index (χ0n) is 9.60. The standard InChI is InChI=1S/C13H14BrClO/c1-4-9-10-5-8(15)6-11(14)13(10)16-12(9)7(2)3/h5-7H,4H2,1-3H3. The summed E-state index contributed by atoms with van der Waals surface area (Å²) in [4.78, 5) is 0. The Morgan fingerprint density at radius 1 is 1.38 bits per heavy atom. The molecule has 0 aliphatic carbocycles. The van der Waals surface area contributed by atoms with Crippen LogP contribution in [0.1, 0.15) is 38.0 Å². The van der Waals surface area contributed by atoms with Gasteiger partial charge < -0.3 is 4.42 Å². The summed E-state index contributed by atoms with van der Waals surface area (Å²) < 4.78 is 6.86. The minimum Gasteiger partial charge on any atom is -0.459 e. The molecule has 3 heteroatoms. The Hall–Kier alpha value is -0.470. The van der Waals surface area contributed by atoms with Gasteiger partial charge in [0.15, 0.2) is 0 Å². The van der Waals surface area contributed by atoms with E-state index in [9.17, 15) is 0 Å². The highest BCUT2D eigenvalue weighted by atomic mass is 79.9. The second-order valence-corrected chi connectivity index (χ2v) is 5.51. The summed E-state index contributed by atoms with van der Waals surface area (Å²) in [7, 11) is 0. The van der Waals surface area contributed by atoms with Crippen molar-refractivity contribution in [1.82, 2.24) is 0 Å². The SMILES string of the molecule is CCc1c(C(C)C)oc2c(Br)cc(Cl)cc12. The maximum Gasteiger partial charge on any atom is 0.148 e. The van der Waals surface area contributed by atoms with Gasteiger partial charge in [-0.25, -0.2) is 0 Å². The van der Waals surface area contributed by atoms with Gasteiger partial charge in [-0.2, -0.15) is 0 Å². The van der Waals surface area contributed by atoms with Crippen LogP contribution in [0.3, 0.4) is 0 Å². The normalized spacial score (nSPS) is 11.6. The Labute approximate surface area is 109 Å². The van der Waals surface area contributed by atoms with Crippen molar-refractivity contribution in [3.8, 4) is 0 Å². The van der Waals surface area contributed by atoms with Gasteiger partial charge in [-0.15, -0.1) is 0 Å². The van der Waals surface area contributed by atoms with Gasteiger partial charge >= 0.3 is 0 Å². The molecule has 0 atom stereocenters. The fourth-order valence-corrected chi connectivity index (χ4v) is 2.91. The molecule has 0 spiro atoms. The maximum absolute atomic E-state index is 6.07. The van der Waals surface area contributed by atoms with Crippen LogP contribution in [-0.4, -0.2) is 0 Å². The van der Waals surface area contributed by atoms with E-state index in [4.69, 9.17) is 16.0 Å². The van der Waals surface area contributed by atoms with E-state index in [0.717, 1.165) is 32.6 Å². The molecular formula is C13H14BrClO. The van der Waals surface area contributed by atoms with Crippen LogP contribution in [0.25, 0.3) is 11.0 Å². The van der Waals surface area contributed by atoms with E-state index in [2.05, 4.69) is 36.7 Å². The molecule has 0 aliphatic heterocycles. The highest BCUT2D eigenvalue weighted by Crippen LogP contribution is 2.37. The number of benzene rings is 1. The van der Waals surface area contributed by atoms with Crippen molar-refractivity contribution in [1.29, 1.82) is 0 Å². The highest BCUT2D eigenvalue weighted by Gasteiger charge is 2.17. The van der Waals surface area contributed by atoms with Gasteiger partial charge in [0.05, 0.1) is 4.47 Å². The second kappa shape index (κ2) is 4.42. The molecule has 0 fully saturated rings. The Bertz CT molecular complexity index is 528. The zero-order chi connectivity index (χ0) is 11.9. The number of hydrogen-bond acceptors (Lipinski definition) is 1. The predicted molar refractivity (Wildman–Crippen MR) is 72.4 cm³/mol. The fraction of sp³-hybridized carbons (Fsp3) is 0.385. The third kappa shape index (κ3) is 1.89. The van der Waals surface area contributed by atoms with Crippen molar-refractivity contribution in [2.24, 2.45) is 0 Å². The average molecular weight is 302 g/mol. The summed E-state index contributed by atoms with van der Waals surface area (Å²) in [6, 6.07) is 3.85. The van der Waals surface area contributed by atoms with Gasteiger partial charge in [0.1, 0.15) is 11.3 Å². The van der Waals surface area contributed by atoms with E-state index in [0.29, 0.717) is 5.92 Å². The van der Waals surface area contributed by atoms with Gasteiger partial charge in [-0.1, -0.05) is 32.4 Å². The largest absolute Gasteiger partial charge is 0.459 e. The summed E-state index contributed by atoms with van der Waals surface area (Å²) in [6.07, 6.45) is 0.966. The monoisotopic (exact) mass is 300 g/mol. The number of furan rings is 1. The van der Waals surface area contributed by atoms with E-state index in [-0.39, 0.29) is 0 Å². The Morgan fingerprint density at radius 2 is 2.06 bits per heavy atom. The van der Waals surface area contributed by atoms with Crippen molar-refractivity contribution in [3.05, 3.63) is 33.0 Å². The van der Waals surface area contributed by atoms with Gasteiger partial charge in [0.25, 0.3) is 0 Å². The van der Waals surface area contributed by atoms with Gasteiger partial charge in [0.2, 0.25) is 0 Å². The number of rotatable bonds is 2. The number of aryl methyl sites for hydroxylation is 1. The first kappa shape index (κ1) is 12.0. The summed E-state index contributed by atoms with van der Waals surface area (Å²) in [5, 5.41) is 1.87. The topological polar surface area (TPSA) is 13.1 Å². The third-order valence-electron chi connectivity index (χ3n) is 2.72. The lowest BCUT2D eigenvalue weighted by Gasteiger charge is -2.02. The van der Waals surface area contributed by atoms with Crippen molar-refractivity contribution in [2.75, 3.05) is 0 Å². The van der Waals surface area contributed by atoms with Crippen molar-refractivity contribution >= 4 is 38.5 Å². The molecule has 1 aromatic heterocycles. The van der Waals surface area contributed by atoms with Gasteiger partial charge in [0, 0.05) is 21.9 Å². The Kier molecular flexibility index (Phi) is 3.32. The molecular weight excluding hydrogens is 287 g/mol. The first-order chi connectivity index (χ1) is 7.54.